The molecule has 2 heterocycles. The summed E-state index contributed by atoms with van der Waals surface area (Å²) in [4.78, 5) is 18.4. The van der Waals surface area contributed by atoms with Crippen LogP contribution in [0, 0.1) is 0 Å². The van der Waals surface area contributed by atoms with E-state index in [1.807, 2.05) is 19.0 Å². The number of hydrogen-bond donors (Lipinski definition) is 1. The van der Waals surface area contributed by atoms with Gasteiger partial charge in [0, 0.05) is 11.9 Å². The molecule has 6 nitrogen and oxygen atoms in total. The van der Waals surface area contributed by atoms with Gasteiger partial charge in [0.2, 0.25) is 0 Å². The Balaban J connectivity index is 2.14. The molecule has 2 aromatic rings. The second kappa shape index (κ2) is 6.34. The molecular weight excluding hydrogens is 298 g/mol. The molecule has 8 heteroatoms. The molecule has 2 aromatic heterocycles. The number of rotatable bonds is 6. The van der Waals surface area contributed by atoms with Gasteiger partial charge in [0.15, 0.2) is 10.9 Å². The van der Waals surface area contributed by atoms with Crippen molar-refractivity contribution in [2.24, 2.45) is 0 Å². The zero-order valence-corrected chi connectivity index (χ0v) is 12.9. The van der Waals surface area contributed by atoms with Gasteiger partial charge >= 0.3 is 0 Å². The quantitative estimate of drug-likeness (QED) is 0.819. The second-order valence-corrected chi connectivity index (χ2v) is 5.94. The molecule has 108 valence electrons. The van der Waals surface area contributed by atoms with E-state index in [2.05, 4.69) is 10.1 Å². The van der Waals surface area contributed by atoms with Gasteiger partial charge in [0.1, 0.15) is 5.69 Å². The first-order valence-electron chi connectivity index (χ1n) is 6.06. The lowest BCUT2D eigenvalue weighted by Gasteiger charge is -2.11. The lowest BCUT2D eigenvalue weighted by molar-refractivity contribution is 0.0981. The maximum atomic E-state index is 12.3. The number of anilines is 1. The van der Waals surface area contributed by atoms with Gasteiger partial charge < -0.3 is 10.6 Å². The lowest BCUT2D eigenvalue weighted by Crippen LogP contribution is -2.22. The number of ketones is 1. The highest BCUT2D eigenvalue weighted by Crippen LogP contribution is 2.19. The first-order valence-corrected chi connectivity index (χ1v) is 7.32. The van der Waals surface area contributed by atoms with Gasteiger partial charge in [-0.2, -0.15) is 5.10 Å². The SMILES string of the molecule is CN(C)CCn1ncc(Cl)c1C(=O)Cc1csc(N)n1. The molecule has 0 amide bonds. The molecule has 0 fully saturated rings. The Morgan fingerprint density at radius 3 is 2.90 bits per heavy atom. The smallest absolute Gasteiger partial charge is 0.188 e. The largest absolute Gasteiger partial charge is 0.375 e. The van der Waals surface area contributed by atoms with Crippen LogP contribution in [0.1, 0.15) is 16.2 Å². The van der Waals surface area contributed by atoms with Crippen LogP contribution < -0.4 is 5.73 Å². The predicted molar refractivity (Wildman–Crippen MR) is 80.4 cm³/mol. The Kier molecular flexibility index (Phi) is 4.74. The Labute approximate surface area is 126 Å². The summed E-state index contributed by atoms with van der Waals surface area (Å²) in [5.41, 5.74) is 6.65. The maximum absolute atomic E-state index is 12.3. The highest BCUT2D eigenvalue weighted by atomic mass is 35.5. The first-order chi connectivity index (χ1) is 9.47. The fourth-order valence-electron chi connectivity index (χ4n) is 1.76. The Morgan fingerprint density at radius 2 is 2.30 bits per heavy atom. The number of Topliss-reactive ketones (excluding diaryl/α,β-unsaturated/α-hetero) is 1. The molecule has 0 aliphatic carbocycles. The molecule has 2 rings (SSSR count). The molecule has 0 spiro atoms. The molecule has 0 aliphatic rings. The number of carbonyl (C=O) groups excluding carboxylic acids is 1. The van der Waals surface area contributed by atoms with Gasteiger partial charge in [-0.05, 0) is 14.1 Å². The molecule has 0 aliphatic heterocycles. The van der Waals surface area contributed by atoms with E-state index in [0.29, 0.717) is 28.1 Å². The Morgan fingerprint density at radius 1 is 1.55 bits per heavy atom. The summed E-state index contributed by atoms with van der Waals surface area (Å²) in [5, 5.41) is 6.76. The fraction of sp³-hybridized carbons (Fsp3) is 0.417. The van der Waals surface area contributed by atoms with Crippen LogP contribution in [0.3, 0.4) is 0 Å². The van der Waals surface area contributed by atoms with Crippen LogP contribution in [0.15, 0.2) is 11.6 Å². The molecule has 0 unspecified atom stereocenters. The molecule has 0 bridgehead atoms. The zero-order valence-electron chi connectivity index (χ0n) is 11.3. The van der Waals surface area contributed by atoms with E-state index in [0.717, 1.165) is 6.54 Å². The van der Waals surface area contributed by atoms with E-state index < -0.39 is 0 Å². The molecule has 0 radical (unpaired) electrons. The van der Waals surface area contributed by atoms with Crippen molar-refractivity contribution in [3.8, 4) is 0 Å². The number of nitrogens with two attached hydrogens (primary N) is 1. The van der Waals surface area contributed by atoms with Gasteiger partial charge in [-0.1, -0.05) is 11.6 Å². The monoisotopic (exact) mass is 313 g/mol. The van der Waals surface area contributed by atoms with Crippen LogP contribution in [0.25, 0.3) is 0 Å². The molecule has 0 aromatic carbocycles. The third kappa shape index (κ3) is 3.56. The van der Waals surface area contributed by atoms with E-state index in [-0.39, 0.29) is 12.2 Å². The van der Waals surface area contributed by atoms with Crippen molar-refractivity contribution < 1.29 is 4.79 Å². The van der Waals surface area contributed by atoms with E-state index in [1.54, 1.807) is 10.1 Å². The van der Waals surface area contributed by atoms with Gasteiger partial charge in [-0.15, -0.1) is 11.3 Å². The number of nitrogens with zero attached hydrogens (tertiary/aromatic N) is 4. The zero-order chi connectivity index (χ0) is 14.7. The lowest BCUT2D eigenvalue weighted by atomic mass is 10.2. The van der Waals surface area contributed by atoms with Crippen LogP contribution in [0.5, 0.6) is 0 Å². The number of thiazole rings is 1. The van der Waals surface area contributed by atoms with Crippen LogP contribution >= 0.6 is 22.9 Å². The van der Waals surface area contributed by atoms with Gasteiger partial charge in [0.05, 0.1) is 29.9 Å². The van der Waals surface area contributed by atoms with E-state index >= 15 is 0 Å². The van der Waals surface area contributed by atoms with Gasteiger partial charge in [0.25, 0.3) is 0 Å². The maximum Gasteiger partial charge on any atom is 0.188 e. The number of hydrogen-bond acceptors (Lipinski definition) is 6. The predicted octanol–water partition coefficient (Wildman–Crippen LogP) is 1.56. The summed E-state index contributed by atoms with van der Waals surface area (Å²) in [6, 6.07) is 0. The number of nitrogen functional groups attached to an aromatic ring is 1. The van der Waals surface area contributed by atoms with Crippen LogP contribution in [-0.4, -0.2) is 46.1 Å². The van der Waals surface area contributed by atoms with Crippen molar-refractivity contribution >= 4 is 33.9 Å². The summed E-state index contributed by atoms with van der Waals surface area (Å²) in [6.45, 7) is 1.39. The number of likely N-dealkylation sites (N-methyl/N-ethyl adjacent to an activating group) is 1. The van der Waals surface area contributed by atoms with Crippen molar-refractivity contribution in [3.63, 3.8) is 0 Å². The van der Waals surface area contributed by atoms with Crippen molar-refractivity contribution in [1.82, 2.24) is 19.7 Å². The summed E-state index contributed by atoms with van der Waals surface area (Å²) < 4.78 is 1.64. The first kappa shape index (κ1) is 15.0. The van der Waals surface area contributed by atoms with Crippen molar-refractivity contribution in [2.45, 2.75) is 13.0 Å². The van der Waals surface area contributed by atoms with Crippen LogP contribution in [-0.2, 0) is 13.0 Å². The normalized spacial score (nSPS) is 11.2. The van der Waals surface area contributed by atoms with E-state index in [1.165, 1.54) is 17.5 Å². The Bertz CT molecular complexity index is 607. The highest BCUT2D eigenvalue weighted by molar-refractivity contribution is 7.13. The highest BCUT2D eigenvalue weighted by Gasteiger charge is 2.18. The average molecular weight is 314 g/mol. The standard InChI is InChI=1S/C12H16ClN5OS/c1-17(2)3-4-18-11(9(13)6-15-18)10(19)5-8-7-20-12(14)16-8/h6-7H,3-5H2,1-2H3,(H2,14,16). The summed E-state index contributed by atoms with van der Waals surface area (Å²) >= 11 is 7.38. The topological polar surface area (TPSA) is 77.0 Å². The van der Waals surface area contributed by atoms with Gasteiger partial charge in [-0.25, -0.2) is 4.98 Å². The average Bonchev–Trinajstić information content (AvgIpc) is 2.93. The summed E-state index contributed by atoms with van der Waals surface area (Å²) in [6.07, 6.45) is 1.68. The number of halogens is 1. The van der Waals surface area contributed by atoms with Crippen LogP contribution in [0.2, 0.25) is 5.02 Å². The molecule has 20 heavy (non-hydrogen) atoms. The molecule has 0 saturated carbocycles. The fourth-order valence-corrected chi connectivity index (χ4v) is 2.57. The summed E-state index contributed by atoms with van der Waals surface area (Å²) in [5.74, 6) is -0.100. The summed E-state index contributed by atoms with van der Waals surface area (Å²) in [7, 11) is 3.93. The van der Waals surface area contributed by atoms with Crippen molar-refractivity contribution in [2.75, 3.05) is 26.4 Å². The minimum Gasteiger partial charge on any atom is -0.375 e. The number of carbonyl (C=O) groups is 1. The van der Waals surface area contributed by atoms with E-state index in [9.17, 15) is 4.79 Å². The van der Waals surface area contributed by atoms with Crippen LogP contribution in [0.4, 0.5) is 5.13 Å². The second-order valence-electron chi connectivity index (χ2n) is 4.64. The minimum absolute atomic E-state index is 0.100. The molecule has 2 N–H and O–H groups in total. The van der Waals surface area contributed by atoms with Gasteiger partial charge in [-0.3, -0.25) is 9.48 Å². The Hall–Kier alpha value is -1.44. The molecule has 0 atom stereocenters. The minimum atomic E-state index is -0.100. The van der Waals surface area contributed by atoms with Crippen molar-refractivity contribution in [1.29, 1.82) is 0 Å². The molecule has 0 saturated heterocycles. The third-order valence-electron chi connectivity index (χ3n) is 2.73. The third-order valence-corrected chi connectivity index (χ3v) is 3.73. The molecular formula is C12H16ClN5OS. The van der Waals surface area contributed by atoms with Crippen molar-refractivity contribution in [3.05, 3.63) is 28.0 Å². The number of aromatic nitrogens is 3. The van der Waals surface area contributed by atoms with E-state index in [4.69, 9.17) is 17.3 Å².